The molecule has 0 radical (unpaired) electrons. The lowest BCUT2D eigenvalue weighted by molar-refractivity contribution is -0.171. The minimum atomic E-state index is -0.836. The third-order valence-corrected chi connectivity index (χ3v) is 12.5. The number of hydrogen-bond donors (Lipinski definition) is 0. The predicted molar refractivity (Wildman–Crippen MR) is 226 cm³/mol. The third-order valence-electron chi connectivity index (χ3n) is 11.3. The Morgan fingerprint density at radius 3 is 1.72 bits per heavy atom. The molecule has 3 saturated heterocycles. The van der Waals surface area contributed by atoms with E-state index in [-0.39, 0.29) is 25.9 Å². The molecule has 1 aliphatic carbocycles. The molecule has 5 aromatic rings. The summed E-state index contributed by atoms with van der Waals surface area (Å²) in [7, 11) is 0. The van der Waals surface area contributed by atoms with Crippen LogP contribution < -0.4 is 0 Å². The number of rotatable bonds is 16. The van der Waals surface area contributed by atoms with Crippen LogP contribution in [0.15, 0.2) is 163 Å². The topological polar surface area (TPSA) is 102 Å². The van der Waals surface area contributed by atoms with Gasteiger partial charge in [-0.1, -0.05) is 146 Å². The second-order valence-corrected chi connectivity index (χ2v) is 16.4. The number of thioether (sulfide) groups is 1. The van der Waals surface area contributed by atoms with Crippen molar-refractivity contribution in [1.82, 2.24) is 4.90 Å². The van der Waals surface area contributed by atoms with Gasteiger partial charge in [-0.05, 0) is 40.0 Å². The molecule has 0 saturated carbocycles. The van der Waals surface area contributed by atoms with Crippen LogP contribution in [0.2, 0.25) is 0 Å². The Labute approximate surface area is 354 Å². The molecular formula is C49H47NO9S. The van der Waals surface area contributed by atoms with E-state index in [2.05, 4.69) is 0 Å². The van der Waals surface area contributed by atoms with Gasteiger partial charge in [-0.25, -0.2) is 9.59 Å². The molecule has 308 valence electrons. The maximum atomic E-state index is 14.5. The molecule has 10 nitrogen and oxygen atoms in total. The van der Waals surface area contributed by atoms with E-state index in [0.29, 0.717) is 24.5 Å². The summed E-state index contributed by atoms with van der Waals surface area (Å²) < 4.78 is 46.3. The Morgan fingerprint density at radius 1 is 0.617 bits per heavy atom. The van der Waals surface area contributed by atoms with E-state index in [1.54, 1.807) is 40.9 Å². The minimum absolute atomic E-state index is 0.202. The summed E-state index contributed by atoms with van der Waals surface area (Å²) in [6.07, 6.45) is -2.56. The van der Waals surface area contributed by atoms with Crippen LogP contribution >= 0.6 is 11.8 Å². The molecule has 5 aromatic carbocycles. The zero-order valence-corrected chi connectivity index (χ0v) is 33.8. The van der Waals surface area contributed by atoms with Crippen molar-refractivity contribution >= 4 is 23.8 Å². The van der Waals surface area contributed by atoms with Crippen molar-refractivity contribution in [2.45, 2.75) is 80.6 Å². The van der Waals surface area contributed by atoms with Crippen molar-refractivity contribution in [2.24, 2.45) is 0 Å². The van der Waals surface area contributed by atoms with Gasteiger partial charge >= 0.3 is 12.1 Å². The van der Waals surface area contributed by atoms with Gasteiger partial charge in [0.2, 0.25) is 0 Å². The molecule has 11 heteroatoms. The maximum Gasteiger partial charge on any atom is 0.411 e. The van der Waals surface area contributed by atoms with Crippen LogP contribution in [-0.2, 0) is 59.6 Å². The Hall–Kier alpha value is -5.27. The Kier molecular flexibility index (Phi) is 12.7. The molecule has 0 spiro atoms. The second kappa shape index (κ2) is 19.0. The summed E-state index contributed by atoms with van der Waals surface area (Å²) >= 11 is 1.57. The van der Waals surface area contributed by atoms with E-state index in [1.807, 2.05) is 133 Å². The van der Waals surface area contributed by atoms with Gasteiger partial charge in [-0.2, -0.15) is 0 Å². The van der Waals surface area contributed by atoms with E-state index < -0.39 is 60.1 Å². The standard InChI is InChI=1S/C49H47NO9S/c51-47(37-24-14-5-15-25-37)58-46-44-41(40-32-60-48(46)57-40)50(49(52)59-44)39-26-38(31-53-27-33-16-6-1-7-17-33)42(54-28-34-18-8-2-9-19-34)45(56-30-36-22-12-4-13-23-36)43(39)55-29-35-20-10-3-11-21-35/h1-26,39-46,48H,27-32H2/t39-,40-,41-,42-,43+,44+,45+,46-,48+/m1/s1. The van der Waals surface area contributed by atoms with Crippen LogP contribution in [0, 0.1) is 0 Å². The molecular weight excluding hydrogens is 779 g/mol. The fourth-order valence-electron chi connectivity index (χ4n) is 8.42. The maximum absolute atomic E-state index is 14.5. The molecule has 0 unspecified atom stereocenters. The quantitative estimate of drug-likeness (QED) is 0.0716. The lowest BCUT2D eigenvalue weighted by atomic mass is 9.85. The van der Waals surface area contributed by atoms with Crippen molar-refractivity contribution in [2.75, 3.05) is 12.4 Å². The highest BCUT2D eigenvalue weighted by Crippen LogP contribution is 2.46. The molecule has 3 heterocycles. The fraction of sp³-hybridized carbons (Fsp3) is 0.306. The highest BCUT2D eigenvalue weighted by atomic mass is 32.2. The van der Waals surface area contributed by atoms with E-state index >= 15 is 0 Å². The van der Waals surface area contributed by atoms with Crippen LogP contribution in [0.1, 0.15) is 32.6 Å². The van der Waals surface area contributed by atoms with E-state index in [9.17, 15) is 9.59 Å². The monoisotopic (exact) mass is 825 g/mol. The van der Waals surface area contributed by atoms with Crippen LogP contribution in [0.25, 0.3) is 0 Å². The number of carbonyl (C=O) groups excluding carboxylic acids is 2. The zero-order valence-electron chi connectivity index (χ0n) is 33.0. The second-order valence-electron chi connectivity index (χ2n) is 15.3. The molecule has 60 heavy (non-hydrogen) atoms. The molecule has 4 aliphatic rings. The van der Waals surface area contributed by atoms with Gasteiger partial charge in [0.25, 0.3) is 0 Å². The van der Waals surface area contributed by atoms with Crippen LogP contribution in [-0.4, -0.2) is 83.5 Å². The van der Waals surface area contributed by atoms with Gasteiger partial charge in [-0.15, -0.1) is 11.8 Å². The Bertz CT molecular complexity index is 2200. The number of hydrogen-bond acceptors (Lipinski definition) is 10. The molecule has 3 aliphatic heterocycles. The zero-order chi connectivity index (χ0) is 40.7. The van der Waals surface area contributed by atoms with Crippen molar-refractivity contribution in [3.8, 4) is 0 Å². The summed E-state index contributed by atoms with van der Waals surface area (Å²) in [4.78, 5) is 29.7. The van der Waals surface area contributed by atoms with Crippen molar-refractivity contribution < 1.29 is 42.7 Å². The third kappa shape index (κ3) is 9.07. The van der Waals surface area contributed by atoms with E-state index in [1.165, 1.54) is 0 Å². The first-order chi connectivity index (χ1) is 29.6. The molecule has 9 rings (SSSR count). The number of carbonyl (C=O) groups is 2. The first-order valence-electron chi connectivity index (χ1n) is 20.4. The van der Waals surface area contributed by atoms with Gasteiger partial charge in [0.15, 0.2) is 12.2 Å². The summed E-state index contributed by atoms with van der Waals surface area (Å²) in [6, 6.07) is 47.4. The van der Waals surface area contributed by atoms with E-state index in [4.69, 9.17) is 33.2 Å². The van der Waals surface area contributed by atoms with Gasteiger partial charge < -0.3 is 33.2 Å². The van der Waals surface area contributed by atoms with Crippen molar-refractivity contribution in [1.29, 1.82) is 0 Å². The average molecular weight is 826 g/mol. The first kappa shape index (κ1) is 40.2. The molecule has 2 bridgehead atoms. The molecule has 0 aromatic heterocycles. The Balaban J connectivity index is 1.10. The summed E-state index contributed by atoms with van der Waals surface area (Å²) in [5.41, 5.74) is 4.71. The van der Waals surface area contributed by atoms with Gasteiger partial charge in [0.1, 0.15) is 29.8 Å². The van der Waals surface area contributed by atoms with Gasteiger partial charge in [-0.3, -0.25) is 4.90 Å². The largest absolute Gasteiger partial charge is 0.451 e. The lowest BCUT2D eigenvalue weighted by Crippen LogP contribution is -2.64. The number of benzene rings is 5. The number of amides is 1. The first-order valence-corrected chi connectivity index (χ1v) is 21.4. The van der Waals surface area contributed by atoms with Crippen molar-refractivity contribution in [3.63, 3.8) is 0 Å². The Morgan fingerprint density at radius 2 is 1.13 bits per heavy atom. The van der Waals surface area contributed by atoms with E-state index in [0.717, 1.165) is 27.8 Å². The lowest BCUT2D eigenvalue weighted by Gasteiger charge is -2.46. The molecule has 1 amide bonds. The molecule has 9 atom stereocenters. The smallest absolute Gasteiger partial charge is 0.411 e. The normalized spacial score (nSPS) is 26.9. The van der Waals surface area contributed by atoms with Crippen LogP contribution in [0.4, 0.5) is 4.79 Å². The number of nitrogens with zero attached hydrogens (tertiary/aromatic N) is 1. The van der Waals surface area contributed by atoms with Crippen LogP contribution in [0.3, 0.4) is 0 Å². The van der Waals surface area contributed by atoms with Crippen molar-refractivity contribution in [3.05, 3.63) is 191 Å². The summed E-state index contributed by atoms with van der Waals surface area (Å²) in [5, 5.41) is 0. The fourth-order valence-corrected chi connectivity index (χ4v) is 9.70. The summed E-state index contributed by atoms with van der Waals surface area (Å²) in [6.45, 7) is 1.40. The molecule has 0 N–H and O–H groups in total. The van der Waals surface area contributed by atoms with Gasteiger partial charge in [0.05, 0.1) is 50.7 Å². The number of esters is 1. The van der Waals surface area contributed by atoms with Crippen LogP contribution in [0.5, 0.6) is 0 Å². The summed E-state index contributed by atoms with van der Waals surface area (Å²) in [5.74, 6) is 0.0874. The SMILES string of the molecule is O=C(O[C@@H]1[C@H]2OC(=O)N([C@@H]3C=C(COCc4ccccc4)[C@@H](OCc4ccccc4)[C@H](OCc4ccccc4)[C@H]3OCc3ccccc3)[C@@H]2[C@H]2CS[C@@H]1O2)c1ccccc1. The number of fused-ring (bicyclic) bond motifs is 4. The highest BCUT2D eigenvalue weighted by molar-refractivity contribution is 8.00. The highest BCUT2D eigenvalue weighted by Gasteiger charge is 2.63. The molecule has 3 fully saturated rings. The average Bonchev–Trinajstić information content (AvgIpc) is 3.89. The van der Waals surface area contributed by atoms with Gasteiger partial charge in [0, 0.05) is 5.75 Å². The predicted octanol–water partition coefficient (Wildman–Crippen LogP) is 8.15. The number of ether oxygens (including phenoxy) is 7. The minimum Gasteiger partial charge on any atom is -0.451 e.